The number of allylic oxidation sites excluding steroid dienone is 8. The molecule has 1 atom stereocenters. The molecular formula is C47H80N2O2. The van der Waals surface area contributed by atoms with Crippen LogP contribution in [0.3, 0.4) is 0 Å². The maximum absolute atomic E-state index is 6.75. The largest absolute Gasteiger partial charge is 0.347 e. The average molecular weight is 705 g/mol. The fourth-order valence-corrected chi connectivity index (χ4v) is 6.91. The molecular weight excluding hydrogens is 625 g/mol. The van der Waals surface area contributed by atoms with Crippen LogP contribution in [0.15, 0.2) is 73.1 Å². The fraction of sp³-hybridized carbons (Fsp3) is 0.723. The Morgan fingerprint density at radius 3 is 1.55 bits per heavy atom. The Morgan fingerprint density at radius 2 is 1.06 bits per heavy atom. The summed E-state index contributed by atoms with van der Waals surface area (Å²) in [5, 5.41) is 3.58. The van der Waals surface area contributed by atoms with Crippen LogP contribution < -0.4 is 5.32 Å². The molecule has 1 N–H and O–H groups in total. The molecule has 1 unspecified atom stereocenters. The summed E-state index contributed by atoms with van der Waals surface area (Å²) in [6.45, 7) is 7.10. The number of unbranched alkanes of at least 4 members (excludes halogenated alkanes) is 18. The second kappa shape index (κ2) is 33.8. The third kappa shape index (κ3) is 26.4. The molecule has 2 heterocycles. The lowest BCUT2D eigenvalue weighted by Gasteiger charge is -2.28. The lowest BCUT2D eigenvalue weighted by Crippen LogP contribution is -2.31. The number of nitrogens with one attached hydrogen (secondary N) is 1. The predicted molar refractivity (Wildman–Crippen MR) is 222 cm³/mol. The molecule has 290 valence electrons. The fourth-order valence-electron chi connectivity index (χ4n) is 6.91. The van der Waals surface area contributed by atoms with Gasteiger partial charge in [0.15, 0.2) is 5.79 Å². The van der Waals surface area contributed by atoms with Gasteiger partial charge in [-0.25, -0.2) is 0 Å². The number of aromatic nitrogens is 1. The van der Waals surface area contributed by atoms with Gasteiger partial charge in [0.05, 0.1) is 12.7 Å². The normalized spacial score (nSPS) is 16.2. The van der Waals surface area contributed by atoms with Crippen molar-refractivity contribution in [2.45, 2.75) is 206 Å². The van der Waals surface area contributed by atoms with E-state index in [9.17, 15) is 0 Å². The van der Waals surface area contributed by atoms with Crippen molar-refractivity contribution in [2.75, 3.05) is 13.2 Å². The number of rotatable bonds is 35. The number of ether oxygens (including phenoxy) is 2. The van der Waals surface area contributed by atoms with Gasteiger partial charge in [0.25, 0.3) is 0 Å². The van der Waals surface area contributed by atoms with Crippen molar-refractivity contribution < 1.29 is 9.47 Å². The lowest BCUT2D eigenvalue weighted by molar-refractivity contribution is -0.179. The summed E-state index contributed by atoms with van der Waals surface area (Å²) in [7, 11) is 0. The van der Waals surface area contributed by atoms with Crippen LogP contribution in [0.1, 0.15) is 193 Å². The Morgan fingerprint density at radius 1 is 0.608 bits per heavy atom. The van der Waals surface area contributed by atoms with E-state index in [1.165, 1.54) is 147 Å². The molecule has 0 spiro atoms. The Kier molecular flexibility index (Phi) is 29.9. The van der Waals surface area contributed by atoms with Crippen molar-refractivity contribution in [1.82, 2.24) is 10.3 Å². The van der Waals surface area contributed by atoms with Crippen LogP contribution in [-0.4, -0.2) is 30.0 Å². The van der Waals surface area contributed by atoms with Gasteiger partial charge in [0, 0.05) is 31.8 Å². The zero-order chi connectivity index (χ0) is 36.2. The molecule has 0 bridgehead atoms. The number of hydrogen-bond donors (Lipinski definition) is 1. The van der Waals surface area contributed by atoms with E-state index in [-0.39, 0.29) is 11.9 Å². The topological polar surface area (TPSA) is 43.4 Å². The molecule has 0 saturated carbocycles. The van der Waals surface area contributed by atoms with Crippen LogP contribution in [0.5, 0.6) is 0 Å². The summed E-state index contributed by atoms with van der Waals surface area (Å²) in [6.07, 6.45) is 56.6. The van der Waals surface area contributed by atoms with E-state index in [4.69, 9.17) is 9.47 Å². The van der Waals surface area contributed by atoms with E-state index in [1.807, 2.05) is 12.4 Å². The number of hydrogen-bond acceptors (Lipinski definition) is 4. The van der Waals surface area contributed by atoms with Crippen molar-refractivity contribution in [3.8, 4) is 0 Å². The molecule has 1 aromatic heterocycles. The van der Waals surface area contributed by atoms with Crippen LogP contribution in [0.4, 0.5) is 0 Å². The minimum atomic E-state index is -0.361. The first kappa shape index (κ1) is 45.1. The van der Waals surface area contributed by atoms with Gasteiger partial charge in [-0.3, -0.25) is 4.98 Å². The zero-order valence-corrected chi connectivity index (χ0v) is 33.5. The van der Waals surface area contributed by atoms with Crippen molar-refractivity contribution in [3.63, 3.8) is 0 Å². The second-order valence-electron chi connectivity index (χ2n) is 15.0. The van der Waals surface area contributed by atoms with Crippen molar-refractivity contribution in [1.29, 1.82) is 0 Å². The molecule has 1 aliphatic heterocycles. The quantitative estimate of drug-likeness (QED) is 0.0564. The Hall–Kier alpha value is -2.01. The summed E-state index contributed by atoms with van der Waals surface area (Å²) in [5.41, 5.74) is 1.28. The molecule has 1 aliphatic rings. The first-order chi connectivity index (χ1) is 25.3. The van der Waals surface area contributed by atoms with E-state index >= 15 is 0 Å². The highest BCUT2D eigenvalue weighted by Gasteiger charge is 2.40. The molecule has 51 heavy (non-hydrogen) atoms. The smallest absolute Gasteiger partial charge is 0.168 e. The van der Waals surface area contributed by atoms with E-state index < -0.39 is 0 Å². The van der Waals surface area contributed by atoms with Crippen LogP contribution >= 0.6 is 0 Å². The monoisotopic (exact) mass is 705 g/mol. The Bertz CT molecular complexity index is 953. The standard InChI is InChI=1S/C47H80N2O2/c1-3-5-7-9-11-13-15-17-19-21-23-25-27-29-31-33-38-47(50-44-46(51-47)37-42-49-43-45-35-40-48-41-36-45)39-34-32-30-28-26-24-22-20-18-16-14-12-10-8-6-4-2/h11-14,17-20,35-36,40-41,46,49H,3-10,15-16,21-34,37-39,42-44H2,1-2H3/b13-11-,14-12-,19-17-,20-18-. The maximum atomic E-state index is 6.75. The summed E-state index contributed by atoms with van der Waals surface area (Å²) >= 11 is 0. The van der Waals surface area contributed by atoms with Crippen LogP contribution in [0, 0.1) is 0 Å². The third-order valence-corrected chi connectivity index (χ3v) is 10.2. The SMILES string of the molecule is CCCCC/C=C\C/C=C\CCCCCCCCC1(CCCCCCCC/C=C\C/C=C\CCCCC)OCC(CCNCc2ccncc2)O1. The summed E-state index contributed by atoms with van der Waals surface area (Å²) in [4.78, 5) is 4.12. The first-order valence-electron chi connectivity index (χ1n) is 21.8. The van der Waals surface area contributed by atoms with Gasteiger partial charge < -0.3 is 14.8 Å². The molecule has 0 aliphatic carbocycles. The molecule has 2 rings (SSSR count). The number of pyridine rings is 1. The highest BCUT2D eigenvalue weighted by Crippen LogP contribution is 2.35. The van der Waals surface area contributed by atoms with Gasteiger partial charge in [-0.1, -0.05) is 140 Å². The predicted octanol–water partition coefficient (Wildman–Crippen LogP) is 14.1. The Labute approximate surface area is 316 Å². The number of nitrogens with zero attached hydrogens (tertiary/aromatic N) is 1. The summed E-state index contributed by atoms with van der Waals surface area (Å²) in [5.74, 6) is -0.361. The maximum Gasteiger partial charge on any atom is 0.168 e. The minimum absolute atomic E-state index is 0.198. The molecule has 0 radical (unpaired) electrons. The molecule has 4 heteroatoms. The average Bonchev–Trinajstić information content (AvgIpc) is 3.56. The van der Waals surface area contributed by atoms with E-state index in [0.29, 0.717) is 0 Å². The molecule has 0 amide bonds. The van der Waals surface area contributed by atoms with Gasteiger partial charge in [-0.05, 0) is 108 Å². The lowest BCUT2D eigenvalue weighted by atomic mass is 9.98. The van der Waals surface area contributed by atoms with E-state index in [1.54, 1.807) is 0 Å². The molecule has 1 aromatic rings. The highest BCUT2D eigenvalue weighted by atomic mass is 16.7. The van der Waals surface area contributed by atoms with Crippen LogP contribution in [-0.2, 0) is 16.0 Å². The highest BCUT2D eigenvalue weighted by molar-refractivity contribution is 5.09. The van der Waals surface area contributed by atoms with Gasteiger partial charge in [0.1, 0.15) is 0 Å². The Balaban J connectivity index is 1.59. The van der Waals surface area contributed by atoms with Crippen LogP contribution in [0.2, 0.25) is 0 Å². The molecule has 4 nitrogen and oxygen atoms in total. The third-order valence-electron chi connectivity index (χ3n) is 10.2. The zero-order valence-electron chi connectivity index (χ0n) is 33.5. The summed E-state index contributed by atoms with van der Waals surface area (Å²) in [6, 6.07) is 4.15. The van der Waals surface area contributed by atoms with E-state index in [0.717, 1.165) is 51.8 Å². The second-order valence-corrected chi connectivity index (χ2v) is 15.0. The van der Waals surface area contributed by atoms with Crippen molar-refractivity contribution >= 4 is 0 Å². The molecule has 0 aromatic carbocycles. The van der Waals surface area contributed by atoms with Gasteiger partial charge in [-0.2, -0.15) is 0 Å². The molecule has 1 fully saturated rings. The van der Waals surface area contributed by atoms with Gasteiger partial charge >= 0.3 is 0 Å². The van der Waals surface area contributed by atoms with Crippen LogP contribution in [0.25, 0.3) is 0 Å². The van der Waals surface area contributed by atoms with E-state index in [2.05, 4.69) is 84.9 Å². The van der Waals surface area contributed by atoms with Crippen molar-refractivity contribution in [3.05, 3.63) is 78.7 Å². The van der Waals surface area contributed by atoms with Gasteiger partial charge in [0.2, 0.25) is 0 Å². The van der Waals surface area contributed by atoms with Crippen molar-refractivity contribution in [2.24, 2.45) is 0 Å². The minimum Gasteiger partial charge on any atom is -0.347 e. The van der Waals surface area contributed by atoms with Gasteiger partial charge in [-0.15, -0.1) is 0 Å². The first-order valence-corrected chi connectivity index (χ1v) is 21.8. The molecule has 1 saturated heterocycles. The summed E-state index contributed by atoms with van der Waals surface area (Å²) < 4.78 is 13.3.